The Kier molecular flexibility index (Phi) is 9.01. The molecule has 0 radical (unpaired) electrons. The zero-order chi connectivity index (χ0) is 25.8. The lowest BCUT2D eigenvalue weighted by atomic mass is 9.84. The molecule has 1 aromatic rings. The molecule has 198 valence electrons. The monoisotopic (exact) mass is 499 g/mol. The van der Waals surface area contributed by atoms with Crippen molar-refractivity contribution >= 4 is 11.7 Å². The van der Waals surface area contributed by atoms with Crippen LogP contribution in [0.4, 0.5) is 19.0 Å². The molecule has 3 rings (SSSR count). The molecule has 1 aliphatic heterocycles. The van der Waals surface area contributed by atoms with Crippen molar-refractivity contribution in [2.75, 3.05) is 37.6 Å². The normalized spacial score (nSPS) is 23.3. The summed E-state index contributed by atoms with van der Waals surface area (Å²) in [5.74, 6) is 1.93. The Hall–Kier alpha value is -1.94. The van der Waals surface area contributed by atoms with Crippen LogP contribution in [0, 0.1) is 5.92 Å². The van der Waals surface area contributed by atoms with Gasteiger partial charge in [0.25, 0.3) is 0 Å². The van der Waals surface area contributed by atoms with Gasteiger partial charge < -0.3 is 10.2 Å². The second-order valence-electron chi connectivity index (χ2n) is 11.0. The van der Waals surface area contributed by atoms with Gasteiger partial charge >= 0.3 is 6.36 Å². The summed E-state index contributed by atoms with van der Waals surface area (Å²) in [5, 5.41) is 3.03. The number of nitrogens with zero attached hydrogens (tertiary/aromatic N) is 4. The second-order valence-corrected chi connectivity index (χ2v) is 11.0. The number of halogens is 3. The Labute approximate surface area is 206 Å². The van der Waals surface area contributed by atoms with Gasteiger partial charge in [-0.15, -0.1) is 13.2 Å². The first-order chi connectivity index (χ1) is 16.3. The Morgan fingerprint density at radius 3 is 2.29 bits per heavy atom. The molecule has 0 aromatic carbocycles. The van der Waals surface area contributed by atoms with Gasteiger partial charge in [-0.2, -0.15) is 0 Å². The van der Waals surface area contributed by atoms with Gasteiger partial charge in [0.2, 0.25) is 5.91 Å². The molecular weight excluding hydrogens is 459 g/mol. The van der Waals surface area contributed by atoms with Crippen LogP contribution >= 0.6 is 0 Å². The molecule has 7 nitrogen and oxygen atoms in total. The molecule has 0 bridgehead atoms. The average molecular weight is 500 g/mol. The Balaban J connectivity index is 1.55. The fraction of sp³-hybridized carbons (Fsp3) is 0.800. The van der Waals surface area contributed by atoms with E-state index in [2.05, 4.69) is 24.8 Å². The first-order valence-electron chi connectivity index (χ1n) is 12.7. The molecule has 0 spiro atoms. The van der Waals surface area contributed by atoms with Crippen molar-refractivity contribution in [3.63, 3.8) is 0 Å². The molecule has 2 aliphatic rings. The van der Waals surface area contributed by atoms with Crippen LogP contribution in [0.5, 0.6) is 0 Å². The summed E-state index contributed by atoms with van der Waals surface area (Å²) >= 11 is 0. The first kappa shape index (κ1) is 27.6. The molecular formula is C25H40F3N5O2. The highest BCUT2D eigenvalue weighted by Gasteiger charge is 2.34. The number of hydrogen-bond donors (Lipinski definition) is 1. The van der Waals surface area contributed by atoms with Crippen LogP contribution in [0.3, 0.4) is 0 Å². The standard InChI is InChI=1S/C25H40F3N5O2/c1-17(35-25(26,27)28)21-16-22(31-23(30-21)24(3,4)5)33-14-12-32(13-15-33)11-10-19-6-8-20(9-7-19)29-18(2)34/h16-17,19-20H,6-15H2,1-5H3,(H,29,34). The van der Waals surface area contributed by atoms with E-state index in [1.807, 2.05) is 20.8 Å². The lowest BCUT2D eigenvalue weighted by molar-refractivity contribution is -0.342. The van der Waals surface area contributed by atoms with E-state index in [1.54, 1.807) is 13.0 Å². The maximum absolute atomic E-state index is 12.8. The van der Waals surface area contributed by atoms with Crippen molar-refractivity contribution in [3.8, 4) is 0 Å². The zero-order valence-electron chi connectivity index (χ0n) is 21.6. The number of aromatic nitrogens is 2. The minimum Gasteiger partial charge on any atom is -0.354 e. The van der Waals surface area contributed by atoms with Gasteiger partial charge in [-0.1, -0.05) is 20.8 Å². The van der Waals surface area contributed by atoms with E-state index < -0.39 is 17.9 Å². The molecule has 1 unspecified atom stereocenters. The number of anilines is 1. The number of carbonyl (C=O) groups excluding carboxylic acids is 1. The zero-order valence-corrected chi connectivity index (χ0v) is 21.6. The largest absolute Gasteiger partial charge is 0.523 e. The van der Waals surface area contributed by atoms with E-state index in [0.717, 1.165) is 64.8 Å². The molecule has 1 aliphatic carbocycles. The third-order valence-electron chi connectivity index (χ3n) is 6.93. The van der Waals surface area contributed by atoms with Crippen LogP contribution in [-0.2, 0) is 14.9 Å². The molecule has 35 heavy (non-hydrogen) atoms. The molecule has 1 aromatic heterocycles. The highest BCUT2D eigenvalue weighted by molar-refractivity contribution is 5.73. The van der Waals surface area contributed by atoms with Crippen LogP contribution in [-0.4, -0.2) is 65.9 Å². The second kappa shape index (κ2) is 11.4. The Bertz CT molecular complexity index is 842. The minimum absolute atomic E-state index is 0.0547. The predicted molar refractivity (Wildman–Crippen MR) is 129 cm³/mol. The van der Waals surface area contributed by atoms with Crippen LogP contribution in [0.15, 0.2) is 6.07 Å². The lowest BCUT2D eigenvalue weighted by Gasteiger charge is -2.37. The van der Waals surface area contributed by atoms with Gasteiger partial charge in [-0.25, -0.2) is 9.97 Å². The van der Waals surface area contributed by atoms with Gasteiger partial charge in [0.05, 0.1) is 5.69 Å². The molecule has 1 amide bonds. The van der Waals surface area contributed by atoms with E-state index in [9.17, 15) is 18.0 Å². The number of ether oxygens (including phenoxy) is 1. The van der Waals surface area contributed by atoms with Crippen LogP contribution in [0.2, 0.25) is 0 Å². The fourth-order valence-electron chi connectivity index (χ4n) is 4.87. The number of hydrogen-bond acceptors (Lipinski definition) is 6. The van der Waals surface area contributed by atoms with Gasteiger partial charge in [0.15, 0.2) is 0 Å². The Morgan fingerprint density at radius 1 is 1.11 bits per heavy atom. The summed E-state index contributed by atoms with van der Waals surface area (Å²) in [4.78, 5) is 25.0. The van der Waals surface area contributed by atoms with E-state index in [4.69, 9.17) is 4.98 Å². The molecule has 1 N–H and O–H groups in total. The smallest absolute Gasteiger partial charge is 0.354 e. The van der Waals surface area contributed by atoms with Crippen molar-refractivity contribution in [3.05, 3.63) is 17.6 Å². The average Bonchev–Trinajstić information content (AvgIpc) is 2.76. The quantitative estimate of drug-likeness (QED) is 0.592. The summed E-state index contributed by atoms with van der Waals surface area (Å²) in [5.41, 5.74) is -0.154. The van der Waals surface area contributed by atoms with Crippen LogP contribution in [0.1, 0.15) is 84.3 Å². The first-order valence-corrected chi connectivity index (χ1v) is 12.7. The summed E-state index contributed by atoms with van der Waals surface area (Å²) in [6.07, 6.45) is -0.349. The summed E-state index contributed by atoms with van der Waals surface area (Å²) in [7, 11) is 0. The predicted octanol–water partition coefficient (Wildman–Crippen LogP) is 4.58. The number of carbonyl (C=O) groups is 1. The number of piperazine rings is 1. The number of nitrogens with one attached hydrogen (secondary N) is 1. The highest BCUT2D eigenvalue weighted by Crippen LogP contribution is 2.31. The maximum atomic E-state index is 12.8. The Morgan fingerprint density at radius 2 is 1.74 bits per heavy atom. The van der Waals surface area contributed by atoms with Crippen molar-refractivity contribution < 1.29 is 22.7 Å². The number of alkyl halides is 3. The fourth-order valence-corrected chi connectivity index (χ4v) is 4.87. The van der Waals surface area contributed by atoms with Crippen molar-refractivity contribution in [2.24, 2.45) is 5.92 Å². The number of amides is 1. The van der Waals surface area contributed by atoms with E-state index in [1.165, 1.54) is 6.92 Å². The van der Waals surface area contributed by atoms with Gasteiger partial charge in [-0.3, -0.25) is 14.4 Å². The van der Waals surface area contributed by atoms with Crippen LogP contribution < -0.4 is 10.2 Å². The molecule has 10 heteroatoms. The molecule has 2 heterocycles. The van der Waals surface area contributed by atoms with Crippen molar-refractivity contribution in [1.29, 1.82) is 0 Å². The van der Waals surface area contributed by atoms with Gasteiger partial charge in [0, 0.05) is 50.6 Å². The van der Waals surface area contributed by atoms with Crippen LogP contribution in [0.25, 0.3) is 0 Å². The minimum atomic E-state index is -4.72. The molecule has 2 fully saturated rings. The summed E-state index contributed by atoms with van der Waals surface area (Å²) < 4.78 is 42.6. The summed E-state index contributed by atoms with van der Waals surface area (Å²) in [6, 6.07) is 1.96. The maximum Gasteiger partial charge on any atom is 0.523 e. The highest BCUT2D eigenvalue weighted by atomic mass is 19.4. The van der Waals surface area contributed by atoms with Gasteiger partial charge in [-0.05, 0) is 51.5 Å². The SMILES string of the molecule is CC(=O)NC1CCC(CCN2CCN(c3cc(C(C)OC(F)(F)F)nc(C(C)(C)C)n3)CC2)CC1. The van der Waals surface area contributed by atoms with E-state index in [0.29, 0.717) is 23.6 Å². The van der Waals surface area contributed by atoms with Gasteiger partial charge in [0.1, 0.15) is 17.7 Å². The third-order valence-corrected chi connectivity index (χ3v) is 6.93. The number of rotatable bonds is 7. The molecule has 1 saturated carbocycles. The van der Waals surface area contributed by atoms with Crippen molar-refractivity contribution in [2.45, 2.75) is 90.6 Å². The lowest BCUT2D eigenvalue weighted by Crippen LogP contribution is -2.47. The topological polar surface area (TPSA) is 70.6 Å². The summed E-state index contributed by atoms with van der Waals surface area (Å²) in [6.45, 7) is 13.2. The molecule has 1 saturated heterocycles. The van der Waals surface area contributed by atoms with E-state index in [-0.39, 0.29) is 11.6 Å². The van der Waals surface area contributed by atoms with E-state index >= 15 is 0 Å². The molecule has 1 atom stereocenters. The van der Waals surface area contributed by atoms with Crippen molar-refractivity contribution in [1.82, 2.24) is 20.2 Å². The third kappa shape index (κ3) is 8.59.